The number of hydrogen-bond donors (Lipinski definition) is 1. The van der Waals surface area contributed by atoms with Gasteiger partial charge in [-0.1, -0.05) is 6.42 Å². The normalized spacial score (nSPS) is 18.3. The van der Waals surface area contributed by atoms with Gasteiger partial charge in [-0.2, -0.15) is 0 Å². The van der Waals surface area contributed by atoms with Gasteiger partial charge in [0.1, 0.15) is 5.82 Å². The number of hydrogen-bond acceptors (Lipinski definition) is 1. The van der Waals surface area contributed by atoms with Crippen LogP contribution in [0.2, 0.25) is 0 Å². The highest BCUT2D eigenvalue weighted by atomic mass is 35.5. The summed E-state index contributed by atoms with van der Waals surface area (Å²) in [4.78, 5) is 7.49. The lowest BCUT2D eigenvalue weighted by molar-refractivity contribution is 0.403. The Morgan fingerprint density at radius 2 is 2.45 bits per heavy atom. The Hall–Kier alpha value is -0.500. The second kappa shape index (κ2) is 2.86. The van der Waals surface area contributed by atoms with Crippen molar-refractivity contribution in [3.05, 3.63) is 17.7 Å². The summed E-state index contributed by atoms with van der Waals surface area (Å²) in [7, 11) is 0. The topological polar surface area (TPSA) is 28.7 Å². The summed E-state index contributed by atoms with van der Waals surface area (Å²) in [5.74, 6) is 2.36. The molecular formula is C8H11ClN2. The summed E-state index contributed by atoms with van der Waals surface area (Å²) in [6.45, 7) is 0. The SMILES string of the molecule is ClCc1cnc(C2CCC2)[nH]1. The molecule has 0 bridgehead atoms. The van der Waals surface area contributed by atoms with E-state index in [2.05, 4.69) is 9.97 Å². The van der Waals surface area contributed by atoms with Crippen LogP contribution in [0.1, 0.15) is 36.7 Å². The fourth-order valence-electron chi connectivity index (χ4n) is 1.33. The molecule has 0 amide bonds. The molecule has 0 atom stereocenters. The zero-order chi connectivity index (χ0) is 7.68. The predicted octanol–water partition coefficient (Wildman–Crippen LogP) is 2.42. The summed E-state index contributed by atoms with van der Waals surface area (Å²) in [5.41, 5.74) is 1.04. The van der Waals surface area contributed by atoms with Crippen molar-refractivity contribution in [1.29, 1.82) is 0 Å². The van der Waals surface area contributed by atoms with E-state index in [1.54, 1.807) is 0 Å². The lowest BCUT2D eigenvalue weighted by Crippen LogP contribution is -2.10. The first kappa shape index (κ1) is 7.17. The molecule has 1 saturated carbocycles. The third kappa shape index (κ3) is 1.27. The molecule has 1 fully saturated rings. The van der Waals surface area contributed by atoms with Crippen LogP contribution in [0.3, 0.4) is 0 Å². The van der Waals surface area contributed by atoms with E-state index in [-0.39, 0.29) is 0 Å². The maximum atomic E-state index is 5.63. The van der Waals surface area contributed by atoms with Crippen molar-refractivity contribution in [3.8, 4) is 0 Å². The number of nitrogens with one attached hydrogen (secondary N) is 1. The molecule has 2 rings (SSSR count). The Bertz CT molecular complexity index is 240. The average molecular weight is 171 g/mol. The van der Waals surface area contributed by atoms with Crippen molar-refractivity contribution < 1.29 is 0 Å². The minimum atomic E-state index is 0.541. The molecular weight excluding hydrogens is 160 g/mol. The fourth-order valence-corrected chi connectivity index (χ4v) is 1.47. The Labute approximate surface area is 71.0 Å². The number of nitrogens with zero attached hydrogens (tertiary/aromatic N) is 1. The summed E-state index contributed by atoms with van der Waals surface area (Å²) < 4.78 is 0. The smallest absolute Gasteiger partial charge is 0.109 e. The van der Waals surface area contributed by atoms with E-state index in [1.165, 1.54) is 19.3 Å². The van der Waals surface area contributed by atoms with Crippen LogP contribution in [-0.2, 0) is 5.88 Å². The number of aromatic nitrogens is 2. The number of alkyl halides is 1. The van der Waals surface area contributed by atoms with Crippen molar-refractivity contribution in [3.63, 3.8) is 0 Å². The molecule has 3 heteroatoms. The van der Waals surface area contributed by atoms with Gasteiger partial charge in [-0.3, -0.25) is 0 Å². The van der Waals surface area contributed by atoms with Gasteiger partial charge in [-0.15, -0.1) is 11.6 Å². The molecule has 1 heterocycles. The zero-order valence-electron chi connectivity index (χ0n) is 6.31. The summed E-state index contributed by atoms with van der Waals surface area (Å²) in [5, 5.41) is 0. The molecule has 0 radical (unpaired) electrons. The standard InChI is InChI=1S/C8H11ClN2/c9-4-7-5-10-8(11-7)6-2-1-3-6/h5-6H,1-4H2,(H,10,11). The molecule has 0 saturated heterocycles. The van der Waals surface area contributed by atoms with Crippen LogP contribution < -0.4 is 0 Å². The van der Waals surface area contributed by atoms with Gasteiger partial charge in [-0.05, 0) is 12.8 Å². The van der Waals surface area contributed by atoms with Gasteiger partial charge < -0.3 is 4.98 Å². The van der Waals surface area contributed by atoms with Gasteiger partial charge in [-0.25, -0.2) is 4.98 Å². The summed E-state index contributed by atoms with van der Waals surface area (Å²) in [6, 6.07) is 0. The maximum Gasteiger partial charge on any atom is 0.109 e. The molecule has 0 aliphatic heterocycles. The maximum absolute atomic E-state index is 5.63. The Balaban J connectivity index is 2.11. The molecule has 1 N–H and O–H groups in total. The minimum absolute atomic E-state index is 0.541. The van der Waals surface area contributed by atoms with Gasteiger partial charge in [0.05, 0.1) is 5.88 Å². The van der Waals surface area contributed by atoms with Crippen molar-refractivity contribution in [2.45, 2.75) is 31.1 Å². The van der Waals surface area contributed by atoms with Gasteiger partial charge in [0.15, 0.2) is 0 Å². The molecule has 1 aliphatic rings. The number of H-pyrrole nitrogens is 1. The second-order valence-corrected chi connectivity index (χ2v) is 3.32. The van der Waals surface area contributed by atoms with E-state index < -0.39 is 0 Å². The summed E-state index contributed by atoms with van der Waals surface area (Å²) in [6.07, 6.45) is 5.76. The van der Waals surface area contributed by atoms with Crippen LogP contribution in [0.5, 0.6) is 0 Å². The Kier molecular flexibility index (Phi) is 1.86. The van der Waals surface area contributed by atoms with E-state index in [0.29, 0.717) is 11.8 Å². The largest absolute Gasteiger partial charge is 0.345 e. The van der Waals surface area contributed by atoms with Crippen molar-refractivity contribution in [2.75, 3.05) is 0 Å². The van der Waals surface area contributed by atoms with Gasteiger partial charge in [0, 0.05) is 17.8 Å². The highest BCUT2D eigenvalue weighted by Crippen LogP contribution is 2.34. The molecule has 0 unspecified atom stereocenters. The number of halogens is 1. The van der Waals surface area contributed by atoms with Crippen molar-refractivity contribution in [2.24, 2.45) is 0 Å². The first-order chi connectivity index (χ1) is 5.40. The fraction of sp³-hybridized carbons (Fsp3) is 0.625. The van der Waals surface area contributed by atoms with E-state index >= 15 is 0 Å². The van der Waals surface area contributed by atoms with E-state index in [0.717, 1.165) is 11.5 Å². The molecule has 1 aromatic rings. The van der Waals surface area contributed by atoms with E-state index in [1.807, 2.05) is 6.20 Å². The molecule has 60 valence electrons. The highest BCUT2D eigenvalue weighted by Gasteiger charge is 2.21. The quantitative estimate of drug-likeness (QED) is 0.679. The lowest BCUT2D eigenvalue weighted by atomic mass is 9.85. The van der Waals surface area contributed by atoms with E-state index in [9.17, 15) is 0 Å². The first-order valence-electron chi connectivity index (χ1n) is 4.00. The van der Waals surface area contributed by atoms with Crippen molar-refractivity contribution in [1.82, 2.24) is 9.97 Å². The zero-order valence-corrected chi connectivity index (χ0v) is 7.06. The van der Waals surface area contributed by atoms with Crippen LogP contribution in [0, 0.1) is 0 Å². The molecule has 2 nitrogen and oxygen atoms in total. The molecule has 1 aliphatic carbocycles. The van der Waals surface area contributed by atoms with Gasteiger partial charge in [0.25, 0.3) is 0 Å². The average Bonchev–Trinajstić information content (AvgIpc) is 2.32. The molecule has 0 aromatic carbocycles. The highest BCUT2D eigenvalue weighted by molar-refractivity contribution is 6.16. The predicted molar refractivity (Wildman–Crippen MR) is 44.7 cm³/mol. The third-order valence-electron chi connectivity index (χ3n) is 2.28. The Morgan fingerprint density at radius 3 is 2.91 bits per heavy atom. The van der Waals surface area contributed by atoms with Crippen LogP contribution in [0.25, 0.3) is 0 Å². The molecule has 11 heavy (non-hydrogen) atoms. The van der Waals surface area contributed by atoms with Crippen LogP contribution >= 0.6 is 11.6 Å². The molecule has 0 spiro atoms. The van der Waals surface area contributed by atoms with Crippen LogP contribution in [0.15, 0.2) is 6.20 Å². The third-order valence-corrected chi connectivity index (χ3v) is 2.57. The number of rotatable bonds is 2. The second-order valence-electron chi connectivity index (χ2n) is 3.06. The van der Waals surface area contributed by atoms with Crippen LogP contribution in [0.4, 0.5) is 0 Å². The summed E-state index contributed by atoms with van der Waals surface area (Å²) >= 11 is 5.63. The number of imidazole rings is 1. The van der Waals surface area contributed by atoms with Crippen molar-refractivity contribution >= 4 is 11.6 Å². The first-order valence-corrected chi connectivity index (χ1v) is 4.53. The van der Waals surface area contributed by atoms with Crippen LogP contribution in [-0.4, -0.2) is 9.97 Å². The lowest BCUT2D eigenvalue weighted by Gasteiger charge is -2.22. The number of aromatic amines is 1. The minimum Gasteiger partial charge on any atom is -0.345 e. The van der Waals surface area contributed by atoms with Gasteiger partial charge in [0.2, 0.25) is 0 Å². The molecule has 1 aromatic heterocycles. The monoisotopic (exact) mass is 170 g/mol. The van der Waals surface area contributed by atoms with Gasteiger partial charge >= 0.3 is 0 Å². The van der Waals surface area contributed by atoms with E-state index in [4.69, 9.17) is 11.6 Å². The Morgan fingerprint density at radius 1 is 1.64 bits per heavy atom.